The summed E-state index contributed by atoms with van der Waals surface area (Å²) in [6.45, 7) is 0. The highest BCUT2D eigenvalue weighted by Crippen LogP contribution is 1.92. The van der Waals surface area contributed by atoms with Crippen LogP contribution in [0.4, 0.5) is 0 Å². The van der Waals surface area contributed by atoms with Crippen LogP contribution in [0, 0.1) is 12.4 Å². The molecule has 0 amide bonds. The molecule has 0 saturated carbocycles. The molecule has 42 valence electrons. The third kappa shape index (κ3) is 0.579. The van der Waals surface area contributed by atoms with Gasteiger partial charge in [-0.15, -0.1) is 0 Å². The number of hydrogen-bond donors (Lipinski definition) is 0. The van der Waals surface area contributed by atoms with Crippen molar-refractivity contribution in [2.45, 2.75) is 0 Å². The van der Waals surface area contributed by atoms with Crippen molar-refractivity contribution in [1.29, 1.82) is 0 Å². The lowest BCUT2D eigenvalue weighted by atomic mass is 10.6. The van der Waals surface area contributed by atoms with Crippen LogP contribution in [-0.4, -0.2) is 14.6 Å². The molecule has 2 heterocycles. The first-order valence-corrected chi connectivity index (χ1v) is 2.55. The summed E-state index contributed by atoms with van der Waals surface area (Å²) in [4.78, 5) is 3.87. The van der Waals surface area contributed by atoms with E-state index < -0.39 is 0 Å². The van der Waals surface area contributed by atoms with Crippen LogP contribution in [0.25, 0.3) is 5.65 Å². The molecule has 3 heteroatoms. The van der Waals surface area contributed by atoms with E-state index in [-0.39, 0.29) is 0 Å². The summed E-state index contributed by atoms with van der Waals surface area (Å²) in [5.74, 6) is 0. The number of hydrogen-bond acceptors (Lipinski definition) is 2. The molecule has 0 fully saturated rings. The van der Waals surface area contributed by atoms with Crippen LogP contribution < -0.4 is 0 Å². The molecule has 9 heavy (non-hydrogen) atoms. The van der Waals surface area contributed by atoms with Crippen LogP contribution >= 0.6 is 0 Å². The van der Waals surface area contributed by atoms with Gasteiger partial charge < -0.3 is 0 Å². The predicted octanol–water partition coefficient (Wildman–Crippen LogP) is 0.330. The maximum Gasteiger partial charge on any atom is 0.154 e. The van der Waals surface area contributed by atoms with E-state index >= 15 is 0 Å². The van der Waals surface area contributed by atoms with Gasteiger partial charge in [-0.25, -0.2) is 9.50 Å². The van der Waals surface area contributed by atoms with Crippen LogP contribution in [-0.2, 0) is 0 Å². The Balaban J connectivity index is 2.95. The Bertz CT molecular complexity index is 282. The quantitative estimate of drug-likeness (QED) is 0.497. The molecule has 2 aromatic rings. The number of imidazole rings is 1. The monoisotopic (exact) mass is 117 g/mol. The minimum Gasteiger partial charge on any atom is -0.225 e. The van der Waals surface area contributed by atoms with Gasteiger partial charge in [0, 0.05) is 0 Å². The topological polar surface area (TPSA) is 30.2 Å². The van der Waals surface area contributed by atoms with E-state index in [9.17, 15) is 0 Å². The summed E-state index contributed by atoms with van der Waals surface area (Å²) >= 11 is 0. The number of nitrogens with zero attached hydrogens (tertiary/aromatic N) is 3. The predicted molar refractivity (Wildman–Crippen MR) is 30.7 cm³/mol. The van der Waals surface area contributed by atoms with Gasteiger partial charge >= 0.3 is 0 Å². The van der Waals surface area contributed by atoms with Gasteiger partial charge in [0.15, 0.2) is 5.65 Å². The first-order valence-electron chi connectivity index (χ1n) is 2.55. The largest absolute Gasteiger partial charge is 0.225 e. The molecule has 0 N–H and O–H groups in total. The van der Waals surface area contributed by atoms with Gasteiger partial charge in [-0.2, -0.15) is 5.10 Å². The van der Waals surface area contributed by atoms with Gasteiger partial charge in [-0.3, -0.25) is 0 Å². The summed E-state index contributed by atoms with van der Waals surface area (Å²) in [5.41, 5.74) is 0.800. The summed E-state index contributed by atoms with van der Waals surface area (Å²) in [5, 5.41) is 3.84. The molecular weight excluding hydrogens is 114 g/mol. The fourth-order valence-electron chi connectivity index (χ4n) is 0.668. The Morgan fingerprint density at radius 1 is 1.44 bits per heavy atom. The molecule has 0 spiro atoms. The minimum atomic E-state index is 0.800. The molecule has 0 unspecified atom stereocenters. The van der Waals surface area contributed by atoms with E-state index in [0.717, 1.165) is 5.65 Å². The Labute approximate surface area is 52.0 Å². The summed E-state index contributed by atoms with van der Waals surface area (Å²) in [6.07, 6.45) is 7.00. The molecule has 0 bridgehead atoms. The first kappa shape index (κ1) is 4.49. The second-order valence-electron chi connectivity index (χ2n) is 1.64. The van der Waals surface area contributed by atoms with Crippen molar-refractivity contribution in [3.8, 4) is 0 Å². The van der Waals surface area contributed by atoms with Crippen molar-refractivity contribution in [2.75, 3.05) is 0 Å². The van der Waals surface area contributed by atoms with Crippen molar-refractivity contribution < 1.29 is 0 Å². The molecule has 0 aliphatic carbocycles. The van der Waals surface area contributed by atoms with E-state index in [1.165, 1.54) is 0 Å². The van der Waals surface area contributed by atoms with E-state index in [2.05, 4.69) is 22.5 Å². The SMILES string of the molecule is [c]1cn2n[c]ccc2n1. The van der Waals surface area contributed by atoms with Gasteiger partial charge in [0.05, 0.1) is 6.20 Å². The third-order valence-electron chi connectivity index (χ3n) is 1.07. The van der Waals surface area contributed by atoms with Crippen molar-refractivity contribution in [3.05, 3.63) is 30.7 Å². The third-order valence-corrected chi connectivity index (χ3v) is 1.07. The van der Waals surface area contributed by atoms with E-state index in [1.807, 2.05) is 6.07 Å². The second-order valence-corrected chi connectivity index (χ2v) is 1.64. The van der Waals surface area contributed by atoms with Gasteiger partial charge in [-0.1, -0.05) is 0 Å². The average molecular weight is 117 g/mol. The second kappa shape index (κ2) is 1.55. The van der Waals surface area contributed by atoms with Gasteiger partial charge in [0.1, 0.15) is 12.4 Å². The van der Waals surface area contributed by atoms with Crippen molar-refractivity contribution in [2.24, 2.45) is 0 Å². The highest BCUT2D eigenvalue weighted by atomic mass is 15.2. The Kier molecular flexibility index (Phi) is 0.773. The lowest BCUT2D eigenvalue weighted by molar-refractivity contribution is 0.929. The molecule has 2 aromatic heterocycles. The fraction of sp³-hybridized carbons (Fsp3) is 0. The molecule has 2 rings (SSSR count). The molecule has 2 radical (unpaired) electrons. The minimum absolute atomic E-state index is 0.800. The summed E-state index contributed by atoms with van der Waals surface area (Å²) in [6, 6.07) is 3.54. The molecule has 0 aromatic carbocycles. The molecule has 0 aliphatic heterocycles. The van der Waals surface area contributed by atoms with Crippen molar-refractivity contribution in [3.63, 3.8) is 0 Å². The molecule has 0 aliphatic rings. The van der Waals surface area contributed by atoms with Crippen molar-refractivity contribution >= 4 is 5.65 Å². The smallest absolute Gasteiger partial charge is 0.154 e. The van der Waals surface area contributed by atoms with Crippen LogP contribution in [0.5, 0.6) is 0 Å². The lowest BCUT2D eigenvalue weighted by Gasteiger charge is -1.84. The van der Waals surface area contributed by atoms with Gasteiger partial charge in [-0.05, 0) is 12.1 Å². The molecule has 0 atom stereocenters. The maximum absolute atomic E-state index is 3.87. The fourth-order valence-corrected chi connectivity index (χ4v) is 0.668. The highest BCUT2D eigenvalue weighted by molar-refractivity contribution is 5.33. The standard InChI is InChI=1S/C6H3N3/c1-2-6-7-4-5-9(6)8-3-1/h1-2,5H. The van der Waals surface area contributed by atoms with Crippen LogP contribution in [0.3, 0.4) is 0 Å². The zero-order valence-electron chi connectivity index (χ0n) is 4.57. The van der Waals surface area contributed by atoms with Gasteiger partial charge in [0.2, 0.25) is 0 Å². The number of fused-ring (bicyclic) bond motifs is 1. The Hall–Kier alpha value is -1.38. The number of aromatic nitrogens is 3. The maximum atomic E-state index is 3.87. The van der Waals surface area contributed by atoms with E-state index in [0.29, 0.717) is 0 Å². The first-order chi connectivity index (χ1) is 4.47. The van der Waals surface area contributed by atoms with Crippen LogP contribution in [0.2, 0.25) is 0 Å². The van der Waals surface area contributed by atoms with Gasteiger partial charge in [0.25, 0.3) is 0 Å². The highest BCUT2D eigenvalue weighted by Gasteiger charge is 1.88. The average Bonchev–Trinajstić information content (AvgIpc) is 2.33. The molecule has 3 nitrogen and oxygen atoms in total. The normalized spacial score (nSPS) is 10.2. The zero-order chi connectivity index (χ0) is 6.10. The van der Waals surface area contributed by atoms with E-state index in [4.69, 9.17) is 0 Å². The number of rotatable bonds is 0. The zero-order valence-corrected chi connectivity index (χ0v) is 4.57. The summed E-state index contributed by atoms with van der Waals surface area (Å²) in [7, 11) is 0. The Morgan fingerprint density at radius 3 is 3.33 bits per heavy atom. The molecular formula is C6H3N3. The summed E-state index contributed by atoms with van der Waals surface area (Å²) < 4.78 is 1.61. The Morgan fingerprint density at radius 2 is 2.44 bits per heavy atom. The van der Waals surface area contributed by atoms with E-state index in [1.54, 1.807) is 16.8 Å². The van der Waals surface area contributed by atoms with Crippen molar-refractivity contribution in [1.82, 2.24) is 14.6 Å². The van der Waals surface area contributed by atoms with Crippen LogP contribution in [0.15, 0.2) is 18.3 Å². The lowest BCUT2D eigenvalue weighted by Crippen LogP contribution is -1.86. The van der Waals surface area contributed by atoms with Crippen LogP contribution in [0.1, 0.15) is 0 Å². The molecule has 0 saturated heterocycles.